The first kappa shape index (κ1) is 19.8. The molecule has 140 valence electrons. The van der Waals surface area contributed by atoms with E-state index in [9.17, 15) is 13.2 Å². The molecule has 0 unspecified atom stereocenters. The Balaban J connectivity index is 1.93. The van der Waals surface area contributed by atoms with Gasteiger partial charge in [-0.2, -0.15) is 0 Å². The van der Waals surface area contributed by atoms with E-state index in [2.05, 4.69) is 10.0 Å². The number of urea groups is 1. The Morgan fingerprint density at radius 2 is 1.96 bits per heavy atom. The summed E-state index contributed by atoms with van der Waals surface area (Å²) in [4.78, 5) is 14.1. The van der Waals surface area contributed by atoms with Crippen molar-refractivity contribution in [2.75, 3.05) is 25.5 Å². The summed E-state index contributed by atoms with van der Waals surface area (Å²) in [5.41, 5.74) is 0.502. The van der Waals surface area contributed by atoms with Crippen LogP contribution < -0.4 is 14.8 Å². The standard InChI is InChI=1S/C16H24ClN3O4S/c1-11(2)25(22,23)19-13-6-8-20(9-7-13)16(21)18-14-10-12(17)4-5-15(14)24-3/h4-5,10-11,13,19H,6-9H2,1-3H3,(H,18,21). The van der Waals surface area contributed by atoms with Crippen molar-refractivity contribution in [3.05, 3.63) is 23.2 Å². The highest BCUT2D eigenvalue weighted by Crippen LogP contribution is 2.28. The van der Waals surface area contributed by atoms with Gasteiger partial charge >= 0.3 is 6.03 Å². The first-order valence-corrected chi connectivity index (χ1v) is 10.1. The fourth-order valence-corrected chi connectivity index (χ4v) is 3.69. The lowest BCUT2D eigenvalue weighted by molar-refractivity contribution is 0.193. The molecular weight excluding hydrogens is 366 g/mol. The summed E-state index contributed by atoms with van der Waals surface area (Å²) in [7, 11) is -1.78. The van der Waals surface area contributed by atoms with Crippen LogP contribution in [0, 0.1) is 0 Å². The molecule has 1 aliphatic heterocycles. The smallest absolute Gasteiger partial charge is 0.321 e. The third-order valence-electron chi connectivity index (χ3n) is 4.14. The normalized spacial score (nSPS) is 16.1. The predicted octanol–water partition coefficient (Wildman–Crippen LogP) is 2.67. The van der Waals surface area contributed by atoms with Crippen LogP contribution in [0.15, 0.2) is 18.2 Å². The molecule has 1 heterocycles. The van der Waals surface area contributed by atoms with Gasteiger partial charge in [-0.1, -0.05) is 11.6 Å². The molecule has 0 aliphatic carbocycles. The number of ether oxygens (including phenoxy) is 1. The van der Waals surface area contributed by atoms with Crippen LogP contribution in [0.3, 0.4) is 0 Å². The molecule has 1 aromatic rings. The first-order chi connectivity index (χ1) is 11.7. The largest absolute Gasteiger partial charge is 0.495 e. The first-order valence-electron chi connectivity index (χ1n) is 8.13. The number of halogens is 1. The van der Waals surface area contributed by atoms with Crippen LogP contribution in [-0.2, 0) is 10.0 Å². The zero-order valence-corrected chi connectivity index (χ0v) is 16.2. The zero-order chi connectivity index (χ0) is 18.6. The lowest BCUT2D eigenvalue weighted by Gasteiger charge is -2.32. The van der Waals surface area contributed by atoms with Crippen molar-refractivity contribution >= 4 is 33.3 Å². The maximum atomic E-state index is 12.4. The molecule has 1 aliphatic rings. The Labute approximate surface area is 153 Å². The van der Waals surface area contributed by atoms with E-state index in [4.69, 9.17) is 16.3 Å². The van der Waals surface area contributed by atoms with Gasteiger partial charge in [0.15, 0.2) is 0 Å². The molecule has 2 rings (SSSR count). The number of carbonyl (C=O) groups excluding carboxylic acids is 1. The molecule has 1 saturated heterocycles. The van der Waals surface area contributed by atoms with Crippen LogP contribution in [0.1, 0.15) is 26.7 Å². The number of amides is 2. The fraction of sp³-hybridized carbons (Fsp3) is 0.562. The second-order valence-corrected chi connectivity index (χ2v) is 8.95. The number of anilines is 1. The molecule has 9 heteroatoms. The maximum absolute atomic E-state index is 12.4. The molecule has 25 heavy (non-hydrogen) atoms. The Morgan fingerprint density at radius 1 is 1.32 bits per heavy atom. The number of likely N-dealkylation sites (tertiary alicyclic amines) is 1. The summed E-state index contributed by atoms with van der Waals surface area (Å²) in [5, 5.41) is 2.82. The van der Waals surface area contributed by atoms with Crippen LogP contribution in [0.5, 0.6) is 5.75 Å². The van der Waals surface area contributed by atoms with E-state index in [0.29, 0.717) is 42.4 Å². The highest BCUT2D eigenvalue weighted by molar-refractivity contribution is 7.90. The number of benzene rings is 1. The summed E-state index contributed by atoms with van der Waals surface area (Å²) in [5.74, 6) is 0.525. The topological polar surface area (TPSA) is 87.7 Å². The van der Waals surface area contributed by atoms with Crippen molar-refractivity contribution in [2.24, 2.45) is 0 Å². The molecular formula is C16H24ClN3O4S. The molecule has 0 saturated carbocycles. The molecule has 0 bridgehead atoms. The molecule has 0 radical (unpaired) electrons. The Bertz CT molecular complexity index is 716. The molecule has 1 aromatic carbocycles. The maximum Gasteiger partial charge on any atom is 0.321 e. The van der Waals surface area contributed by atoms with Gasteiger partial charge in [-0.05, 0) is 44.9 Å². The monoisotopic (exact) mass is 389 g/mol. The number of hydrogen-bond acceptors (Lipinski definition) is 4. The van der Waals surface area contributed by atoms with Gasteiger partial charge in [0.25, 0.3) is 0 Å². The van der Waals surface area contributed by atoms with Crippen molar-refractivity contribution in [1.29, 1.82) is 0 Å². The molecule has 2 N–H and O–H groups in total. The van der Waals surface area contributed by atoms with Crippen molar-refractivity contribution in [2.45, 2.75) is 38.0 Å². The van der Waals surface area contributed by atoms with E-state index < -0.39 is 15.3 Å². The number of piperidine rings is 1. The van der Waals surface area contributed by atoms with Crippen LogP contribution >= 0.6 is 11.6 Å². The van der Waals surface area contributed by atoms with Crippen molar-refractivity contribution in [3.63, 3.8) is 0 Å². The Hall–Kier alpha value is -1.51. The van der Waals surface area contributed by atoms with E-state index >= 15 is 0 Å². The SMILES string of the molecule is COc1ccc(Cl)cc1NC(=O)N1CCC(NS(=O)(=O)C(C)C)CC1. The zero-order valence-electron chi connectivity index (χ0n) is 14.6. The Morgan fingerprint density at radius 3 is 2.52 bits per heavy atom. The average Bonchev–Trinajstić information content (AvgIpc) is 2.55. The van der Waals surface area contributed by atoms with Gasteiger partial charge in [-0.15, -0.1) is 0 Å². The fourth-order valence-electron chi connectivity index (χ4n) is 2.54. The van der Waals surface area contributed by atoms with E-state index in [1.807, 2.05) is 0 Å². The van der Waals surface area contributed by atoms with Gasteiger partial charge in [0.1, 0.15) is 5.75 Å². The number of rotatable bonds is 5. The molecule has 7 nitrogen and oxygen atoms in total. The minimum Gasteiger partial charge on any atom is -0.495 e. The average molecular weight is 390 g/mol. The molecule has 0 atom stereocenters. The summed E-state index contributed by atoms with van der Waals surface area (Å²) in [6.45, 7) is 4.23. The van der Waals surface area contributed by atoms with E-state index in [-0.39, 0.29) is 12.1 Å². The number of carbonyl (C=O) groups is 1. The third kappa shape index (κ3) is 5.23. The number of sulfonamides is 1. The molecule has 0 spiro atoms. The molecule has 1 fully saturated rings. The van der Waals surface area contributed by atoms with Crippen LogP contribution in [0.4, 0.5) is 10.5 Å². The minimum atomic E-state index is -3.30. The van der Waals surface area contributed by atoms with E-state index in [1.54, 1.807) is 36.9 Å². The van der Waals surface area contributed by atoms with Crippen LogP contribution in [0.25, 0.3) is 0 Å². The summed E-state index contributed by atoms with van der Waals surface area (Å²) < 4.78 is 31.8. The third-order valence-corrected chi connectivity index (χ3v) is 6.27. The van der Waals surface area contributed by atoms with Crippen LogP contribution in [-0.4, -0.2) is 50.8 Å². The quantitative estimate of drug-likeness (QED) is 0.810. The predicted molar refractivity (Wildman–Crippen MR) is 98.8 cm³/mol. The Kier molecular flexibility index (Phi) is 6.53. The lowest BCUT2D eigenvalue weighted by atomic mass is 10.1. The number of nitrogens with zero attached hydrogens (tertiary/aromatic N) is 1. The lowest BCUT2D eigenvalue weighted by Crippen LogP contribution is -2.48. The van der Waals surface area contributed by atoms with Gasteiger partial charge in [-0.3, -0.25) is 0 Å². The van der Waals surface area contributed by atoms with Gasteiger partial charge in [0.05, 0.1) is 18.0 Å². The highest BCUT2D eigenvalue weighted by Gasteiger charge is 2.27. The van der Waals surface area contributed by atoms with Gasteiger partial charge in [-0.25, -0.2) is 17.9 Å². The molecule has 2 amide bonds. The van der Waals surface area contributed by atoms with Crippen molar-refractivity contribution in [3.8, 4) is 5.75 Å². The second-order valence-electron chi connectivity index (χ2n) is 6.25. The second kappa shape index (κ2) is 8.25. The van der Waals surface area contributed by atoms with E-state index in [1.165, 1.54) is 7.11 Å². The van der Waals surface area contributed by atoms with Gasteiger partial charge in [0.2, 0.25) is 10.0 Å². The van der Waals surface area contributed by atoms with Crippen molar-refractivity contribution < 1.29 is 17.9 Å². The molecule has 0 aromatic heterocycles. The number of methoxy groups -OCH3 is 1. The summed E-state index contributed by atoms with van der Waals surface area (Å²) in [6.07, 6.45) is 1.15. The number of hydrogen-bond donors (Lipinski definition) is 2. The van der Waals surface area contributed by atoms with Crippen LogP contribution in [0.2, 0.25) is 5.02 Å². The van der Waals surface area contributed by atoms with Crippen molar-refractivity contribution in [1.82, 2.24) is 9.62 Å². The summed E-state index contributed by atoms with van der Waals surface area (Å²) >= 11 is 5.96. The number of nitrogens with one attached hydrogen (secondary N) is 2. The van der Waals surface area contributed by atoms with Gasteiger partial charge < -0.3 is 15.0 Å². The van der Waals surface area contributed by atoms with E-state index in [0.717, 1.165) is 0 Å². The minimum absolute atomic E-state index is 0.142. The highest BCUT2D eigenvalue weighted by atomic mass is 35.5. The van der Waals surface area contributed by atoms with Gasteiger partial charge in [0, 0.05) is 24.2 Å². The summed E-state index contributed by atoms with van der Waals surface area (Å²) in [6, 6.07) is 4.59.